The minimum Gasteiger partial charge on any atom is -0.480 e. The summed E-state index contributed by atoms with van der Waals surface area (Å²) in [6.45, 7) is -0.634. The molecule has 0 bridgehead atoms. The van der Waals surface area contributed by atoms with Gasteiger partial charge in [-0.1, -0.05) is 12.1 Å². The number of carbonyl (C=O) groups is 2. The van der Waals surface area contributed by atoms with Gasteiger partial charge in [-0.25, -0.2) is 4.79 Å². The van der Waals surface area contributed by atoms with Crippen LogP contribution < -0.4 is 5.32 Å². The summed E-state index contributed by atoms with van der Waals surface area (Å²) in [5.74, 6) is -1.77. The summed E-state index contributed by atoms with van der Waals surface area (Å²) in [7, 11) is 0. The van der Waals surface area contributed by atoms with Crippen molar-refractivity contribution in [3.05, 3.63) is 33.4 Å². The summed E-state index contributed by atoms with van der Waals surface area (Å²) in [5.41, 5.74) is 0.391. The average Bonchev–Trinajstić information content (AvgIpc) is 2.25. The number of hydrogen-bond acceptors (Lipinski definition) is 3. The second-order valence-corrected chi connectivity index (χ2v) is 4.19. The molecule has 0 aliphatic carbocycles. The van der Waals surface area contributed by atoms with E-state index >= 15 is 0 Å². The third-order valence-corrected chi connectivity index (χ3v) is 2.85. The molecule has 0 saturated heterocycles. The van der Waals surface area contributed by atoms with Crippen molar-refractivity contribution in [2.45, 2.75) is 6.04 Å². The number of rotatable bonds is 4. The highest BCUT2D eigenvalue weighted by Gasteiger charge is 2.20. The molecule has 16 heavy (non-hydrogen) atoms. The van der Waals surface area contributed by atoms with Crippen LogP contribution in [0.15, 0.2) is 24.3 Å². The van der Waals surface area contributed by atoms with Gasteiger partial charge < -0.3 is 15.5 Å². The van der Waals surface area contributed by atoms with Gasteiger partial charge in [0.15, 0.2) is 6.04 Å². The van der Waals surface area contributed by atoms with Crippen LogP contribution in [0.25, 0.3) is 0 Å². The summed E-state index contributed by atoms with van der Waals surface area (Å²) in [6.07, 6.45) is 0. The molecule has 0 aliphatic rings. The zero-order chi connectivity index (χ0) is 12.1. The molecule has 0 aromatic heterocycles. The van der Waals surface area contributed by atoms with Crippen molar-refractivity contribution < 1.29 is 19.8 Å². The molecule has 1 amide bonds. The van der Waals surface area contributed by atoms with Crippen LogP contribution in [-0.2, 0) is 4.79 Å². The van der Waals surface area contributed by atoms with Crippen molar-refractivity contribution in [1.82, 2.24) is 5.32 Å². The molecule has 1 aromatic carbocycles. The molecule has 86 valence electrons. The van der Waals surface area contributed by atoms with Crippen LogP contribution in [0.4, 0.5) is 0 Å². The van der Waals surface area contributed by atoms with Crippen LogP contribution in [0.1, 0.15) is 10.4 Å². The van der Waals surface area contributed by atoms with Gasteiger partial charge in [-0.05, 0) is 34.7 Å². The van der Waals surface area contributed by atoms with E-state index in [2.05, 4.69) is 5.32 Å². The standard InChI is InChI=1S/C10H10INO4/c11-7-4-2-1-3-6(7)9(14)12-8(5-13)10(15)16/h1-4,8,13H,5H2,(H,12,14)(H,15,16)/t8-/m0/s1. The first kappa shape index (κ1) is 12.9. The van der Waals surface area contributed by atoms with E-state index in [9.17, 15) is 9.59 Å². The number of nitrogens with one attached hydrogen (secondary N) is 1. The maximum Gasteiger partial charge on any atom is 0.328 e. The maximum atomic E-state index is 11.6. The van der Waals surface area contributed by atoms with E-state index < -0.39 is 24.5 Å². The minimum atomic E-state index is -1.27. The zero-order valence-electron chi connectivity index (χ0n) is 8.18. The second kappa shape index (κ2) is 5.80. The van der Waals surface area contributed by atoms with E-state index in [1.54, 1.807) is 24.3 Å². The lowest BCUT2D eigenvalue weighted by Gasteiger charge is -2.12. The Balaban J connectivity index is 2.80. The molecule has 0 unspecified atom stereocenters. The van der Waals surface area contributed by atoms with Crippen molar-refractivity contribution >= 4 is 34.5 Å². The van der Waals surface area contributed by atoms with Crippen LogP contribution in [0.5, 0.6) is 0 Å². The van der Waals surface area contributed by atoms with Gasteiger partial charge in [0.1, 0.15) is 0 Å². The van der Waals surface area contributed by atoms with Crippen molar-refractivity contribution in [3.8, 4) is 0 Å². The monoisotopic (exact) mass is 335 g/mol. The van der Waals surface area contributed by atoms with Crippen molar-refractivity contribution in [2.75, 3.05) is 6.61 Å². The quantitative estimate of drug-likeness (QED) is 0.698. The minimum absolute atomic E-state index is 0.391. The first-order chi connectivity index (χ1) is 7.56. The highest BCUT2D eigenvalue weighted by molar-refractivity contribution is 14.1. The fraction of sp³-hybridized carbons (Fsp3) is 0.200. The number of aliphatic hydroxyl groups is 1. The SMILES string of the molecule is O=C(N[C@@H](CO)C(=O)O)c1ccccc1I. The Morgan fingerprint density at radius 3 is 2.50 bits per heavy atom. The summed E-state index contributed by atoms with van der Waals surface area (Å²) in [5, 5.41) is 19.7. The molecule has 0 spiro atoms. The fourth-order valence-corrected chi connectivity index (χ4v) is 1.70. The zero-order valence-corrected chi connectivity index (χ0v) is 10.3. The molecule has 0 saturated carbocycles. The first-order valence-electron chi connectivity index (χ1n) is 4.45. The second-order valence-electron chi connectivity index (χ2n) is 3.03. The van der Waals surface area contributed by atoms with Crippen LogP contribution in [0.3, 0.4) is 0 Å². The van der Waals surface area contributed by atoms with E-state index in [1.165, 1.54) is 0 Å². The van der Waals surface area contributed by atoms with Crippen LogP contribution in [0, 0.1) is 3.57 Å². The van der Waals surface area contributed by atoms with Crippen LogP contribution in [-0.4, -0.2) is 34.7 Å². The number of carbonyl (C=O) groups excluding carboxylic acids is 1. The highest BCUT2D eigenvalue weighted by atomic mass is 127. The topological polar surface area (TPSA) is 86.6 Å². The van der Waals surface area contributed by atoms with E-state index in [-0.39, 0.29) is 0 Å². The number of carboxylic acids is 1. The number of amides is 1. The lowest BCUT2D eigenvalue weighted by Crippen LogP contribution is -2.43. The first-order valence-corrected chi connectivity index (χ1v) is 5.53. The van der Waals surface area contributed by atoms with E-state index in [4.69, 9.17) is 10.2 Å². The summed E-state index contributed by atoms with van der Waals surface area (Å²) < 4.78 is 0.722. The van der Waals surface area contributed by atoms with Gasteiger partial charge in [-0.15, -0.1) is 0 Å². The Morgan fingerprint density at radius 2 is 2.00 bits per heavy atom. The van der Waals surface area contributed by atoms with Gasteiger partial charge >= 0.3 is 5.97 Å². The number of carboxylic acid groups (broad SMARTS) is 1. The predicted octanol–water partition coefficient (Wildman–Crippen LogP) is 0.466. The van der Waals surface area contributed by atoms with Crippen molar-refractivity contribution in [2.24, 2.45) is 0 Å². The smallest absolute Gasteiger partial charge is 0.328 e. The van der Waals surface area contributed by atoms with E-state index in [0.29, 0.717) is 5.56 Å². The number of halogens is 1. The number of aliphatic carboxylic acids is 1. The summed E-state index contributed by atoms with van der Waals surface area (Å²) in [6, 6.07) is 5.52. The highest BCUT2D eigenvalue weighted by Crippen LogP contribution is 2.11. The molecule has 0 aliphatic heterocycles. The van der Waals surface area contributed by atoms with E-state index in [0.717, 1.165) is 3.57 Å². The van der Waals surface area contributed by atoms with Gasteiger partial charge in [0.05, 0.1) is 12.2 Å². The fourth-order valence-electron chi connectivity index (χ4n) is 1.07. The average molecular weight is 335 g/mol. The number of hydrogen-bond donors (Lipinski definition) is 3. The molecule has 1 aromatic rings. The molecule has 0 fully saturated rings. The lowest BCUT2D eigenvalue weighted by molar-refractivity contribution is -0.140. The number of aliphatic hydroxyl groups excluding tert-OH is 1. The molecule has 6 heteroatoms. The van der Waals surface area contributed by atoms with Gasteiger partial charge in [0, 0.05) is 3.57 Å². The molecule has 5 nitrogen and oxygen atoms in total. The van der Waals surface area contributed by atoms with Gasteiger partial charge in [0.25, 0.3) is 5.91 Å². The Morgan fingerprint density at radius 1 is 1.38 bits per heavy atom. The Bertz CT molecular complexity index is 408. The number of benzene rings is 1. The summed E-state index contributed by atoms with van der Waals surface area (Å²) >= 11 is 1.98. The third-order valence-electron chi connectivity index (χ3n) is 1.90. The Labute approximate surface area is 106 Å². The summed E-state index contributed by atoms with van der Waals surface area (Å²) in [4.78, 5) is 22.3. The molecular weight excluding hydrogens is 325 g/mol. The normalized spacial score (nSPS) is 11.9. The van der Waals surface area contributed by atoms with Gasteiger partial charge in [0.2, 0.25) is 0 Å². The molecule has 1 rings (SSSR count). The molecular formula is C10H10INO4. The molecule has 3 N–H and O–H groups in total. The lowest BCUT2D eigenvalue weighted by atomic mass is 10.2. The van der Waals surface area contributed by atoms with Crippen LogP contribution in [0.2, 0.25) is 0 Å². The Hall–Kier alpha value is -1.15. The molecule has 0 radical (unpaired) electrons. The maximum absolute atomic E-state index is 11.6. The predicted molar refractivity (Wildman–Crippen MR) is 65.1 cm³/mol. The van der Waals surface area contributed by atoms with Crippen LogP contribution >= 0.6 is 22.6 Å². The Kier molecular flexibility index (Phi) is 4.69. The van der Waals surface area contributed by atoms with Crippen molar-refractivity contribution in [3.63, 3.8) is 0 Å². The molecule has 0 heterocycles. The van der Waals surface area contributed by atoms with Crippen molar-refractivity contribution in [1.29, 1.82) is 0 Å². The third kappa shape index (κ3) is 3.17. The largest absolute Gasteiger partial charge is 0.480 e. The molecule has 1 atom stereocenters. The van der Waals surface area contributed by atoms with Gasteiger partial charge in [-0.3, -0.25) is 4.79 Å². The van der Waals surface area contributed by atoms with Gasteiger partial charge in [-0.2, -0.15) is 0 Å². The van der Waals surface area contributed by atoms with E-state index in [1.807, 2.05) is 22.6 Å².